The van der Waals surface area contributed by atoms with E-state index in [0.717, 1.165) is 28.0 Å². The first-order valence-corrected chi connectivity index (χ1v) is 10.7. The zero-order valence-corrected chi connectivity index (χ0v) is 19.8. The van der Waals surface area contributed by atoms with Gasteiger partial charge in [0, 0.05) is 32.0 Å². The molecular formula is C20H28IN3O3S. The topological polar surface area (TPSA) is 79.8 Å². The van der Waals surface area contributed by atoms with Crippen LogP contribution in [0.4, 0.5) is 0 Å². The van der Waals surface area contributed by atoms with Gasteiger partial charge < -0.3 is 15.4 Å². The predicted molar refractivity (Wildman–Crippen MR) is 125 cm³/mol. The second-order valence-electron chi connectivity index (χ2n) is 6.48. The van der Waals surface area contributed by atoms with Crippen molar-refractivity contribution in [2.24, 2.45) is 4.99 Å². The van der Waals surface area contributed by atoms with Crippen LogP contribution in [0.3, 0.4) is 0 Å². The molecule has 0 unspecified atom stereocenters. The van der Waals surface area contributed by atoms with Crippen LogP contribution in [0, 0.1) is 6.92 Å². The van der Waals surface area contributed by atoms with E-state index < -0.39 is 9.84 Å². The largest absolute Gasteiger partial charge is 0.496 e. The maximum absolute atomic E-state index is 11.3. The van der Waals surface area contributed by atoms with E-state index in [1.165, 1.54) is 6.26 Å². The van der Waals surface area contributed by atoms with Crippen LogP contribution in [-0.4, -0.2) is 34.8 Å². The van der Waals surface area contributed by atoms with Gasteiger partial charge in [-0.3, -0.25) is 4.99 Å². The van der Waals surface area contributed by atoms with E-state index >= 15 is 0 Å². The molecule has 0 atom stereocenters. The van der Waals surface area contributed by atoms with Gasteiger partial charge >= 0.3 is 0 Å². The summed E-state index contributed by atoms with van der Waals surface area (Å²) in [5.41, 5.74) is 4.03. The summed E-state index contributed by atoms with van der Waals surface area (Å²) < 4.78 is 28.1. The minimum atomic E-state index is -3.02. The van der Waals surface area contributed by atoms with Crippen LogP contribution in [-0.2, 0) is 28.7 Å². The monoisotopic (exact) mass is 517 g/mol. The molecule has 6 nitrogen and oxygen atoms in total. The minimum absolute atomic E-state index is 0. The van der Waals surface area contributed by atoms with Gasteiger partial charge in [-0.1, -0.05) is 36.4 Å². The fourth-order valence-corrected chi connectivity index (χ4v) is 3.44. The van der Waals surface area contributed by atoms with Crippen molar-refractivity contribution in [2.75, 3.05) is 20.4 Å². The Bertz CT molecular complexity index is 897. The zero-order chi connectivity index (χ0) is 19.9. The van der Waals surface area contributed by atoms with Gasteiger partial charge in [0.05, 0.1) is 12.9 Å². The molecule has 0 radical (unpaired) electrons. The zero-order valence-electron chi connectivity index (χ0n) is 16.7. The van der Waals surface area contributed by atoms with Crippen molar-refractivity contribution in [3.8, 4) is 5.75 Å². The van der Waals surface area contributed by atoms with Crippen LogP contribution in [0.15, 0.2) is 47.5 Å². The molecule has 0 amide bonds. The highest BCUT2D eigenvalue weighted by molar-refractivity contribution is 14.0. The lowest BCUT2D eigenvalue weighted by atomic mass is 10.1. The maximum atomic E-state index is 11.3. The van der Waals surface area contributed by atoms with Crippen LogP contribution in [0.25, 0.3) is 0 Å². The SMILES string of the molecule is CN=C(NCc1ccc(CS(C)(=O)=O)cc1)NCc1ccc(C)cc1OC.I. The van der Waals surface area contributed by atoms with Crippen LogP contribution in [0.1, 0.15) is 22.3 Å². The number of guanidine groups is 1. The predicted octanol–water partition coefficient (Wildman–Crippen LogP) is 3.03. The number of sulfone groups is 1. The van der Waals surface area contributed by atoms with Gasteiger partial charge in [0.1, 0.15) is 5.75 Å². The average Bonchev–Trinajstić information content (AvgIpc) is 2.62. The van der Waals surface area contributed by atoms with Gasteiger partial charge in [-0.25, -0.2) is 8.42 Å². The molecule has 0 aromatic heterocycles. The summed E-state index contributed by atoms with van der Waals surface area (Å²) in [5, 5.41) is 6.52. The molecule has 8 heteroatoms. The van der Waals surface area contributed by atoms with E-state index in [-0.39, 0.29) is 29.7 Å². The Morgan fingerprint density at radius 3 is 2.21 bits per heavy atom. The third-order valence-corrected chi connectivity index (χ3v) is 4.88. The van der Waals surface area contributed by atoms with Crippen LogP contribution < -0.4 is 15.4 Å². The maximum Gasteiger partial charge on any atom is 0.191 e. The van der Waals surface area contributed by atoms with Gasteiger partial charge in [0.25, 0.3) is 0 Å². The van der Waals surface area contributed by atoms with Gasteiger partial charge in [-0.2, -0.15) is 0 Å². The van der Waals surface area contributed by atoms with Crippen LogP contribution in [0.5, 0.6) is 5.75 Å². The Balaban J connectivity index is 0.00000392. The molecule has 0 aliphatic heterocycles. The molecule has 0 spiro atoms. The average molecular weight is 517 g/mol. The van der Waals surface area contributed by atoms with Gasteiger partial charge in [-0.15, -0.1) is 24.0 Å². The molecule has 0 saturated heterocycles. The summed E-state index contributed by atoms with van der Waals surface area (Å²) in [6.07, 6.45) is 1.24. The number of methoxy groups -OCH3 is 1. The van der Waals surface area contributed by atoms with Gasteiger partial charge in [0.2, 0.25) is 0 Å². The minimum Gasteiger partial charge on any atom is -0.496 e. The lowest BCUT2D eigenvalue weighted by Gasteiger charge is -2.14. The number of hydrogen-bond acceptors (Lipinski definition) is 4. The summed E-state index contributed by atoms with van der Waals surface area (Å²) >= 11 is 0. The number of nitrogens with zero attached hydrogens (tertiary/aromatic N) is 1. The normalized spacial score (nSPS) is 11.5. The number of nitrogens with one attached hydrogen (secondary N) is 2. The summed E-state index contributed by atoms with van der Waals surface area (Å²) in [6.45, 7) is 3.21. The molecule has 0 aliphatic rings. The molecule has 2 aromatic rings. The van der Waals surface area contributed by atoms with E-state index in [1.807, 2.05) is 49.4 Å². The lowest BCUT2D eigenvalue weighted by Crippen LogP contribution is -2.36. The number of rotatable bonds is 7. The number of aliphatic imine (C=N–C) groups is 1. The third-order valence-electron chi connectivity index (χ3n) is 4.02. The second-order valence-corrected chi connectivity index (χ2v) is 8.62. The van der Waals surface area contributed by atoms with E-state index in [1.54, 1.807) is 14.2 Å². The molecule has 0 heterocycles. The number of halogens is 1. The van der Waals surface area contributed by atoms with Crippen molar-refractivity contribution in [1.82, 2.24) is 10.6 Å². The van der Waals surface area contributed by atoms with Crippen molar-refractivity contribution in [1.29, 1.82) is 0 Å². The highest BCUT2D eigenvalue weighted by Crippen LogP contribution is 2.19. The van der Waals surface area contributed by atoms with Crippen LogP contribution in [0.2, 0.25) is 0 Å². The van der Waals surface area contributed by atoms with E-state index in [2.05, 4.69) is 15.6 Å². The molecule has 2 rings (SSSR count). The quantitative estimate of drug-likeness (QED) is 0.336. The first kappa shape index (κ1) is 24.2. The van der Waals surface area contributed by atoms with Crippen molar-refractivity contribution in [3.05, 3.63) is 64.7 Å². The van der Waals surface area contributed by atoms with Gasteiger partial charge in [0.15, 0.2) is 15.8 Å². The molecule has 0 bridgehead atoms. The molecule has 28 heavy (non-hydrogen) atoms. The molecule has 0 saturated carbocycles. The van der Waals surface area contributed by atoms with Crippen molar-refractivity contribution in [3.63, 3.8) is 0 Å². The van der Waals surface area contributed by atoms with Gasteiger partial charge in [-0.05, 0) is 29.7 Å². The Morgan fingerprint density at radius 2 is 1.64 bits per heavy atom. The Morgan fingerprint density at radius 1 is 1.04 bits per heavy atom. The molecular weight excluding hydrogens is 489 g/mol. The summed E-state index contributed by atoms with van der Waals surface area (Å²) in [5.74, 6) is 1.58. The standard InChI is InChI=1S/C20H27N3O3S.HI/c1-15-5-10-18(19(11-15)26-3)13-23-20(21-2)22-12-16-6-8-17(9-7-16)14-27(4,24)25;/h5-11H,12-14H2,1-4H3,(H2,21,22,23);1H. The number of aryl methyl sites for hydroxylation is 1. The second kappa shape index (κ2) is 11.3. The summed E-state index contributed by atoms with van der Waals surface area (Å²) in [7, 11) is 0.368. The summed E-state index contributed by atoms with van der Waals surface area (Å²) in [4.78, 5) is 4.23. The lowest BCUT2D eigenvalue weighted by molar-refractivity contribution is 0.408. The Labute approximate surface area is 184 Å². The molecule has 0 aliphatic carbocycles. The number of hydrogen-bond donors (Lipinski definition) is 2. The van der Waals surface area contributed by atoms with Crippen molar-refractivity contribution < 1.29 is 13.2 Å². The van der Waals surface area contributed by atoms with Crippen molar-refractivity contribution in [2.45, 2.75) is 25.8 Å². The fourth-order valence-electron chi connectivity index (χ4n) is 2.64. The fraction of sp³-hybridized carbons (Fsp3) is 0.350. The Hall–Kier alpha value is -1.81. The molecule has 2 N–H and O–H groups in total. The Kier molecular flexibility index (Phi) is 9.74. The van der Waals surface area contributed by atoms with Crippen molar-refractivity contribution >= 4 is 39.8 Å². The molecule has 154 valence electrons. The first-order valence-electron chi connectivity index (χ1n) is 8.64. The van der Waals surface area contributed by atoms with E-state index in [4.69, 9.17) is 4.74 Å². The third kappa shape index (κ3) is 8.05. The highest BCUT2D eigenvalue weighted by Gasteiger charge is 2.06. The van der Waals surface area contributed by atoms with E-state index in [0.29, 0.717) is 19.0 Å². The molecule has 0 fully saturated rings. The number of benzene rings is 2. The smallest absolute Gasteiger partial charge is 0.191 e. The highest BCUT2D eigenvalue weighted by atomic mass is 127. The van der Waals surface area contributed by atoms with E-state index in [9.17, 15) is 8.42 Å². The summed E-state index contributed by atoms with van der Waals surface area (Å²) in [6, 6.07) is 13.6. The van der Waals surface area contributed by atoms with Crippen LogP contribution >= 0.6 is 24.0 Å². The number of ether oxygens (including phenoxy) is 1. The first-order chi connectivity index (χ1) is 12.8. The molecule has 2 aromatic carbocycles.